The second-order valence-corrected chi connectivity index (χ2v) is 5.87. The normalized spacial score (nSPS) is 23.1. The fourth-order valence-electron chi connectivity index (χ4n) is 3.17. The Morgan fingerprint density at radius 2 is 1.86 bits per heavy atom. The number of phenolic OH excluding ortho intramolecular Hbond substituents is 1. The Morgan fingerprint density at radius 1 is 1.14 bits per heavy atom. The molecule has 0 unspecified atom stereocenters. The minimum absolute atomic E-state index is 0.166. The summed E-state index contributed by atoms with van der Waals surface area (Å²) in [6, 6.07) is 7.27. The van der Waals surface area contributed by atoms with Crippen LogP contribution >= 0.6 is 0 Å². The fraction of sp³-hybridized carbons (Fsp3) is 0.562. The number of aromatic hydroxyl groups is 1. The molecule has 2 saturated heterocycles. The first-order valence-electron chi connectivity index (χ1n) is 7.77. The lowest BCUT2D eigenvalue weighted by atomic mass is 9.98. The third-order valence-corrected chi connectivity index (χ3v) is 4.45. The molecule has 2 aliphatic rings. The number of rotatable bonds is 2. The van der Waals surface area contributed by atoms with Crippen LogP contribution in [0.4, 0.5) is 5.69 Å². The predicted octanol–water partition coefficient (Wildman–Crippen LogP) is 1.04. The number of nitrogens with zero attached hydrogens (tertiary/aromatic N) is 2. The monoisotopic (exact) mass is 289 g/mol. The molecule has 0 aliphatic carbocycles. The van der Waals surface area contributed by atoms with Gasteiger partial charge in [-0.1, -0.05) is 0 Å². The highest BCUT2D eigenvalue weighted by Gasteiger charge is 2.28. The number of hydrogen-bond acceptors (Lipinski definition) is 4. The number of piperidine rings is 1. The van der Waals surface area contributed by atoms with E-state index in [0.29, 0.717) is 5.91 Å². The average molecular weight is 289 g/mol. The van der Waals surface area contributed by atoms with Crippen LogP contribution in [0.2, 0.25) is 0 Å². The number of carbonyl (C=O) groups excluding carboxylic acids is 1. The highest BCUT2D eigenvalue weighted by Crippen LogP contribution is 2.21. The maximum atomic E-state index is 12.5. The molecule has 2 aliphatic heterocycles. The first-order chi connectivity index (χ1) is 10.2. The molecule has 114 valence electrons. The highest BCUT2D eigenvalue weighted by molar-refractivity contribution is 5.79. The van der Waals surface area contributed by atoms with Crippen LogP contribution in [0.5, 0.6) is 5.75 Å². The van der Waals surface area contributed by atoms with Crippen molar-refractivity contribution in [3.8, 4) is 5.75 Å². The number of hydrogen-bond donors (Lipinski definition) is 2. The van der Waals surface area contributed by atoms with Crippen molar-refractivity contribution < 1.29 is 9.90 Å². The van der Waals surface area contributed by atoms with E-state index in [1.165, 1.54) is 0 Å². The number of anilines is 1. The van der Waals surface area contributed by atoms with E-state index in [4.69, 9.17) is 0 Å². The standard InChI is InChI=1S/C16H23N3O2/c20-15-5-3-14(4-6-15)18-8-10-19(11-9-18)16(21)13-2-1-7-17-12-13/h3-6,13,17,20H,1-2,7-12H2/t13-/m0/s1. The summed E-state index contributed by atoms with van der Waals surface area (Å²) in [5.74, 6) is 0.767. The topological polar surface area (TPSA) is 55.8 Å². The lowest BCUT2D eigenvalue weighted by Gasteiger charge is -2.38. The fourth-order valence-corrected chi connectivity index (χ4v) is 3.17. The van der Waals surface area contributed by atoms with Crippen LogP contribution in [0.1, 0.15) is 12.8 Å². The van der Waals surface area contributed by atoms with Crippen LogP contribution in [0.15, 0.2) is 24.3 Å². The number of phenols is 1. The largest absolute Gasteiger partial charge is 0.508 e. The maximum absolute atomic E-state index is 12.5. The van der Waals surface area contributed by atoms with Gasteiger partial charge in [0.15, 0.2) is 0 Å². The summed E-state index contributed by atoms with van der Waals surface area (Å²) >= 11 is 0. The van der Waals surface area contributed by atoms with E-state index < -0.39 is 0 Å². The smallest absolute Gasteiger partial charge is 0.227 e. The molecule has 21 heavy (non-hydrogen) atoms. The van der Waals surface area contributed by atoms with E-state index in [2.05, 4.69) is 10.2 Å². The number of piperazine rings is 1. The third-order valence-electron chi connectivity index (χ3n) is 4.45. The van der Waals surface area contributed by atoms with Gasteiger partial charge < -0.3 is 20.2 Å². The molecule has 0 aromatic heterocycles. The number of benzene rings is 1. The molecule has 5 nitrogen and oxygen atoms in total. The van der Waals surface area contributed by atoms with Gasteiger partial charge in [0, 0.05) is 38.4 Å². The summed E-state index contributed by atoms with van der Waals surface area (Å²) in [4.78, 5) is 16.8. The molecule has 2 fully saturated rings. The molecule has 1 atom stereocenters. The molecule has 0 bridgehead atoms. The summed E-state index contributed by atoms with van der Waals surface area (Å²) in [5, 5.41) is 12.6. The Labute approximate surface area is 125 Å². The van der Waals surface area contributed by atoms with Crippen LogP contribution in [0, 0.1) is 5.92 Å². The van der Waals surface area contributed by atoms with Crippen molar-refractivity contribution in [2.75, 3.05) is 44.2 Å². The quantitative estimate of drug-likeness (QED) is 0.854. The summed E-state index contributed by atoms with van der Waals surface area (Å²) in [7, 11) is 0. The first-order valence-corrected chi connectivity index (χ1v) is 7.77. The van der Waals surface area contributed by atoms with Gasteiger partial charge >= 0.3 is 0 Å². The summed E-state index contributed by atoms with van der Waals surface area (Å²) in [6.07, 6.45) is 2.12. The van der Waals surface area contributed by atoms with Gasteiger partial charge in [0.2, 0.25) is 5.91 Å². The minimum atomic E-state index is 0.166. The van der Waals surface area contributed by atoms with Crippen molar-refractivity contribution in [1.29, 1.82) is 0 Å². The van der Waals surface area contributed by atoms with Gasteiger partial charge in [0.25, 0.3) is 0 Å². The van der Waals surface area contributed by atoms with Gasteiger partial charge in [-0.05, 0) is 43.7 Å². The van der Waals surface area contributed by atoms with Crippen LogP contribution < -0.4 is 10.2 Å². The predicted molar refractivity (Wildman–Crippen MR) is 82.5 cm³/mol. The van der Waals surface area contributed by atoms with Crippen molar-refractivity contribution in [2.45, 2.75) is 12.8 Å². The van der Waals surface area contributed by atoms with Gasteiger partial charge in [0.05, 0.1) is 5.92 Å². The van der Waals surface area contributed by atoms with Gasteiger partial charge in [-0.2, -0.15) is 0 Å². The maximum Gasteiger partial charge on any atom is 0.227 e. The van der Waals surface area contributed by atoms with Crippen molar-refractivity contribution in [1.82, 2.24) is 10.2 Å². The third kappa shape index (κ3) is 3.29. The van der Waals surface area contributed by atoms with Crippen LogP contribution in [0.3, 0.4) is 0 Å². The van der Waals surface area contributed by atoms with Crippen LogP contribution in [-0.2, 0) is 4.79 Å². The Morgan fingerprint density at radius 3 is 2.48 bits per heavy atom. The Kier molecular flexibility index (Phi) is 4.29. The van der Waals surface area contributed by atoms with E-state index in [1.54, 1.807) is 12.1 Å². The van der Waals surface area contributed by atoms with Gasteiger partial charge in [0.1, 0.15) is 5.75 Å². The zero-order valence-electron chi connectivity index (χ0n) is 12.3. The zero-order chi connectivity index (χ0) is 14.7. The SMILES string of the molecule is O=C([C@H]1CCCNC1)N1CCN(c2ccc(O)cc2)CC1. The van der Waals surface area contributed by atoms with E-state index in [1.807, 2.05) is 17.0 Å². The molecule has 2 heterocycles. The molecule has 0 saturated carbocycles. The van der Waals surface area contributed by atoms with Gasteiger partial charge in [-0.25, -0.2) is 0 Å². The number of nitrogens with one attached hydrogen (secondary N) is 1. The second kappa shape index (κ2) is 6.35. The summed E-state index contributed by atoms with van der Waals surface area (Å²) in [5.41, 5.74) is 1.11. The first kappa shape index (κ1) is 14.2. The highest BCUT2D eigenvalue weighted by atomic mass is 16.3. The van der Waals surface area contributed by atoms with E-state index in [-0.39, 0.29) is 11.7 Å². The van der Waals surface area contributed by atoms with Gasteiger partial charge in [-0.3, -0.25) is 4.79 Å². The lowest BCUT2D eigenvalue weighted by molar-refractivity contribution is -0.136. The van der Waals surface area contributed by atoms with Gasteiger partial charge in [-0.15, -0.1) is 0 Å². The number of amides is 1. The van der Waals surface area contributed by atoms with E-state index >= 15 is 0 Å². The Balaban J connectivity index is 1.54. The second-order valence-electron chi connectivity index (χ2n) is 5.87. The zero-order valence-corrected chi connectivity index (χ0v) is 12.3. The molecule has 5 heteroatoms. The molecule has 0 radical (unpaired) electrons. The van der Waals surface area contributed by atoms with E-state index in [9.17, 15) is 9.90 Å². The van der Waals surface area contributed by atoms with Crippen LogP contribution in [-0.4, -0.2) is 55.2 Å². The summed E-state index contributed by atoms with van der Waals surface area (Å²) < 4.78 is 0. The van der Waals surface area contributed by atoms with Crippen molar-refractivity contribution in [2.24, 2.45) is 5.92 Å². The molecule has 1 amide bonds. The van der Waals surface area contributed by atoms with Crippen LogP contribution in [0.25, 0.3) is 0 Å². The molecular weight excluding hydrogens is 266 g/mol. The molecule has 3 rings (SSSR count). The average Bonchev–Trinajstić information content (AvgIpc) is 2.56. The van der Waals surface area contributed by atoms with Crippen molar-refractivity contribution >= 4 is 11.6 Å². The molecule has 0 spiro atoms. The van der Waals surface area contributed by atoms with Crippen molar-refractivity contribution in [3.63, 3.8) is 0 Å². The molecular formula is C16H23N3O2. The lowest BCUT2D eigenvalue weighted by Crippen LogP contribution is -2.52. The number of carbonyl (C=O) groups is 1. The molecule has 1 aromatic rings. The molecule has 2 N–H and O–H groups in total. The van der Waals surface area contributed by atoms with Crippen molar-refractivity contribution in [3.05, 3.63) is 24.3 Å². The molecule has 1 aromatic carbocycles. The summed E-state index contributed by atoms with van der Waals surface area (Å²) in [6.45, 7) is 5.16. The Hall–Kier alpha value is -1.75. The Bertz CT molecular complexity index is 475. The van der Waals surface area contributed by atoms with E-state index in [0.717, 1.165) is 57.8 Å². The minimum Gasteiger partial charge on any atom is -0.508 e.